The maximum Gasteiger partial charge on any atom is 0.271 e. The van der Waals surface area contributed by atoms with Crippen molar-refractivity contribution in [2.75, 3.05) is 5.32 Å². The Morgan fingerprint density at radius 3 is 2.47 bits per heavy atom. The number of benzene rings is 1. The minimum atomic E-state index is -0.496. The van der Waals surface area contributed by atoms with E-state index in [9.17, 15) is 14.9 Å². The van der Waals surface area contributed by atoms with E-state index in [0.29, 0.717) is 5.69 Å². The Morgan fingerprint density at radius 2 is 2.00 bits per heavy atom. The van der Waals surface area contributed by atoms with Crippen LogP contribution in [0, 0.1) is 23.0 Å². The van der Waals surface area contributed by atoms with Gasteiger partial charge in [-0.1, -0.05) is 13.0 Å². The molecule has 0 spiro atoms. The van der Waals surface area contributed by atoms with Crippen molar-refractivity contribution in [3.63, 3.8) is 0 Å². The van der Waals surface area contributed by atoms with Crippen molar-refractivity contribution in [1.82, 2.24) is 0 Å². The van der Waals surface area contributed by atoms with Crippen LogP contribution in [-0.2, 0) is 4.79 Å². The number of nitrogens with one attached hydrogen (secondary N) is 1. The van der Waals surface area contributed by atoms with Gasteiger partial charge in [-0.05, 0) is 19.4 Å². The molecule has 0 fully saturated rings. The SMILES string of the molecule is Cc1ccc([N+](=O)[O-])cc1NC(=O)C(C)C(C)N.Cl. The molecule has 6 nitrogen and oxygen atoms in total. The largest absolute Gasteiger partial charge is 0.327 e. The summed E-state index contributed by atoms with van der Waals surface area (Å²) in [6.07, 6.45) is 0. The molecule has 0 saturated heterocycles. The van der Waals surface area contributed by atoms with E-state index in [0.717, 1.165) is 5.56 Å². The Morgan fingerprint density at radius 1 is 1.42 bits per heavy atom. The smallest absolute Gasteiger partial charge is 0.271 e. The third-order valence-electron chi connectivity index (χ3n) is 2.89. The van der Waals surface area contributed by atoms with Gasteiger partial charge in [0.05, 0.1) is 16.5 Å². The summed E-state index contributed by atoms with van der Waals surface area (Å²) in [6, 6.07) is 4.08. The normalized spacial score (nSPS) is 13.1. The van der Waals surface area contributed by atoms with Gasteiger partial charge in [0.2, 0.25) is 5.91 Å². The lowest BCUT2D eigenvalue weighted by molar-refractivity contribution is -0.384. The molecule has 19 heavy (non-hydrogen) atoms. The number of nitrogens with zero attached hydrogens (tertiary/aromatic N) is 1. The van der Waals surface area contributed by atoms with E-state index in [-0.39, 0.29) is 36.0 Å². The van der Waals surface area contributed by atoms with Gasteiger partial charge in [-0.15, -0.1) is 12.4 Å². The average Bonchev–Trinajstić information content (AvgIpc) is 2.30. The molecule has 7 heteroatoms. The number of rotatable bonds is 4. The molecule has 0 saturated carbocycles. The Balaban J connectivity index is 0.00000324. The van der Waals surface area contributed by atoms with Gasteiger partial charge in [0, 0.05) is 18.2 Å². The maximum absolute atomic E-state index is 11.8. The molecule has 1 amide bonds. The summed E-state index contributed by atoms with van der Waals surface area (Å²) in [5.41, 5.74) is 6.80. The molecule has 0 radical (unpaired) electrons. The molecule has 1 aromatic rings. The van der Waals surface area contributed by atoms with Crippen molar-refractivity contribution in [2.24, 2.45) is 11.7 Å². The Bertz CT molecular complexity index is 477. The van der Waals surface area contributed by atoms with Crippen LogP contribution in [0.1, 0.15) is 19.4 Å². The molecule has 1 rings (SSSR count). The second kappa shape index (κ2) is 7.06. The monoisotopic (exact) mass is 287 g/mol. The summed E-state index contributed by atoms with van der Waals surface area (Å²) in [7, 11) is 0. The van der Waals surface area contributed by atoms with Crippen molar-refractivity contribution in [1.29, 1.82) is 0 Å². The van der Waals surface area contributed by atoms with Gasteiger partial charge in [0.1, 0.15) is 0 Å². The first kappa shape index (κ1) is 17.3. The summed E-state index contributed by atoms with van der Waals surface area (Å²) in [6.45, 7) is 5.23. The van der Waals surface area contributed by atoms with E-state index in [4.69, 9.17) is 5.73 Å². The Hall–Kier alpha value is -1.66. The van der Waals surface area contributed by atoms with Gasteiger partial charge >= 0.3 is 0 Å². The summed E-state index contributed by atoms with van der Waals surface area (Å²) >= 11 is 0. The predicted molar refractivity (Wildman–Crippen MR) is 76.5 cm³/mol. The van der Waals surface area contributed by atoms with Crippen LogP contribution in [-0.4, -0.2) is 16.9 Å². The highest BCUT2D eigenvalue weighted by atomic mass is 35.5. The zero-order chi connectivity index (χ0) is 13.9. The topological polar surface area (TPSA) is 98.3 Å². The summed E-state index contributed by atoms with van der Waals surface area (Å²) in [5.74, 6) is -0.600. The fourth-order valence-corrected chi connectivity index (χ4v) is 1.34. The molecule has 2 unspecified atom stereocenters. The molecule has 0 aliphatic rings. The number of anilines is 1. The predicted octanol–water partition coefficient (Wildman–Crippen LogP) is 2.25. The molecule has 0 aromatic heterocycles. The molecule has 0 aliphatic carbocycles. The van der Waals surface area contributed by atoms with Crippen LogP contribution in [0.4, 0.5) is 11.4 Å². The standard InChI is InChI=1S/C12H17N3O3.ClH/c1-7-4-5-10(15(17)18)6-11(7)14-12(16)8(2)9(3)13;/h4-6,8-9H,13H2,1-3H3,(H,14,16);1H. The lowest BCUT2D eigenvalue weighted by Gasteiger charge is -2.16. The third kappa shape index (κ3) is 4.50. The zero-order valence-electron chi connectivity index (χ0n) is 11.0. The van der Waals surface area contributed by atoms with Crippen LogP contribution in [0.3, 0.4) is 0 Å². The van der Waals surface area contributed by atoms with Crippen LogP contribution in [0.2, 0.25) is 0 Å². The van der Waals surface area contributed by atoms with Crippen LogP contribution < -0.4 is 11.1 Å². The average molecular weight is 288 g/mol. The second-order valence-corrected chi connectivity index (χ2v) is 4.39. The van der Waals surface area contributed by atoms with Gasteiger partial charge < -0.3 is 11.1 Å². The molecule has 106 valence electrons. The van der Waals surface area contributed by atoms with Crippen LogP contribution in [0.25, 0.3) is 0 Å². The molecular weight excluding hydrogens is 270 g/mol. The van der Waals surface area contributed by atoms with Gasteiger partial charge in [0.25, 0.3) is 5.69 Å². The van der Waals surface area contributed by atoms with Crippen molar-refractivity contribution in [3.8, 4) is 0 Å². The van der Waals surface area contributed by atoms with E-state index < -0.39 is 4.92 Å². The number of nitrogens with two attached hydrogens (primary N) is 1. The minimum absolute atomic E-state index is 0. The number of aryl methyl sites for hydroxylation is 1. The van der Waals surface area contributed by atoms with Crippen molar-refractivity contribution >= 4 is 29.7 Å². The van der Waals surface area contributed by atoms with Gasteiger partial charge in [0.15, 0.2) is 0 Å². The number of non-ortho nitro benzene ring substituents is 1. The molecule has 0 bridgehead atoms. The first-order chi connectivity index (χ1) is 8.32. The van der Waals surface area contributed by atoms with E-state index >= 15 is 0 Å². The molecule has 3 N–H and O–H groups in total. The van der Waals surface area contributed by atoms with E-state index in [1.165, 1.54) is 12.1 Å². The van der Waals surface area contributed by atoms with Crippen LogP contribution in [0.15, 0.2) is 18.2 Å². The Labute approximate surface area is 117 Å². The number of halogens is 1. The first-order valence-corrected chi connectivity index (χ1v) is 5.64. The van der Waals surface area contributed by atoms with E-state index in [1.54, 1.807) is 26.8 Å². The molecule has 1 aromatic carbocycles. The van der Waals surface area contributed by atoms with Crippen LogP contribution in [0.5, 0.6) is 0 Å². The quantitative estimate of drug-likeness (QED) is 0.655. The number of amides is 1. The minimum Gasteiger partial charge on any atom is -0.327 e. The van der Waals surface area contributed by atoms with Crippen molar-refractivity contribution in [3.05, 3.63) is 33.9 Å². The molecule has 0 heterocycles. The number of nitro groups is 1. The summed E-state index contributed by atoms with van der Waals surface area (Å²) in [4.78, 5) is 22.0. The third-order valence-corrected chi connectivity index (χ3v) is 2.89. The highest BCUT2D eigenvalue weighted by Gasteiger charge is 2.18. The van der Waals surface area contributed by atoms with Crippen LogP contribution >= 0.6 is 12.4 Å². The number of nitro benzene ring substituents is 1. The molecular formula is C12H18ClN3O3. The van der Waals surface area contributed by atoms with Gasteiger partial charge in [-0.25, -0.2) is 0 Å². The van der Waals surface area contributed by atoms with Gasteiger partial charge in [-0.2, -0.15) is 0 Å². The summed E-state index contributed by atoms with van der Waals surface area (Å²) < 4.78 is 0. The molecule has 0 aliphatic heterocycles. The lowest BCUT2D eigenvalue weighted by atomic mass is 10.0. The highest BCUT2D eigenvalue weighted by molar-refractivity contribution is 5.93. The number of hydrogen-bond acceptors (Lipinski definition) is 4. The number of carbonyl (C=O) groups excluding carboxylic acids is 1. The lowest BCUT2D eigenvalue weighted by Crippen LogP contribution is -2.34. The fourth-order valence-electron chi connectivity index (χ4n) is 1.34. The maximum atomic E-state index is 11.8. The van der Waals surface area contributed by atoms with Crippen molar-refractivity contribution < 1.29 is 9.72 Å². The Kier molecular flexibility index (Phi) is 6.44. The van der Waals surface area contributed by atoms with Crippen molar-refractivity contribution in [2.45, 2.75) is 26.8 Å². The van der Waals surface area contributed by atoms with E-state index in [1.807, 2.05) is 0 Å². The van der Waals surface area contributed by atoms with Gasteiger partial charge in [-0.3, -0.25) is 14.9 Å². The van der Waals surface area contributed by atoms with E-state index in [2.05, 4.69) is 5.32 Å². The first-order valence-electron chi connectivity index (χ1n) is 5.64. The fraction of sp³-hybridized carbons (Fsp3) is 0.417. The second-order valence-electron chi connectivity index (χ2n) is 4.39. The zero-order valence-corrected chi connectivity index (χ0v) is 11.9. The summed E-state index contributed by atoms with van der Waals surface area (Å²) in [5, 5.41) is 13.3. The number of hydrogen-bond donors (Lipinski definition) is 2. The number of carbonyl (C=O) groups is 1. The highest BCUT2D eigenvalue weighted by Crippen LogP contribution is 2.22. The molecule has 2 atom stereocenters.